The Morgan fingerprint density at radius 1 is 1.50 bits per heavy atom. The molecule has 0 aliphatic heterocycles. The lowest BCUT2D eigenvalue weighted by Crippen LogP contribution is -2.42. The number of hydrogen-bond donors (Lipinski definition) is 1. The van der Waals surface area contributed by atoms with E-state index in [-0.39, 0.29) is 5.54 Å². The highest BCUT2D eigenvalue weighted by Gasteiger charge is 2.31. The van der Waals surface area contributed by atoms with E-state index in [1.165, 1.54) is 12.8 Å². The molecule has 0 spiro atoms. The molecule has 0 heterocycles. The molecule has 0 amide bonds. The molecule has 1 aliphatic carbocycles. The van der Waals surface area contributed by atoms with E-state index < -0.39 is 0 Å². The maximum absolute atomic E-state index is 9.10. The van der Waals surface area contributed by atoms with E-state index in [4.69, 9.17) is 5.26 Å². The normalized spacial score (nSPS) is 20.5. The monoisotopic (exact) mass is 195 g/mol. The van der Waals surface area contributed by atoms with Gasteiger partial charge >= 0.3 is 0 Å². The summed E-state index contributed by atoms with van der Waals surface area (Å²) < 4.78 is 0. The number of hydrogen-bond acceptors (Lipinski definition) is 3. The SMILES string of the molecule is CN(C)CCCC(C)(C#N)NC1CC1. The van der Waals surface area contributed by atoms with Gasteiger partial charge in [-0.25, -0.2) is 0 Å². The molecule has 1 rings (SSSR count). The Morgan fingerprint density at radius 2 is 2.14 bits per heavy atom. The molecular formula is C11H21N3. The van der Waals surface area contributed by atoms with Crippen molar-refractivity contribution in [2.75, 3.05) is 20.6 Å². The van der Waals surface area contributed by atoms with E-state index in [1.54, 1.807) is 0 Å². The van der Waals surface area contributed by atoms with Crippen LogP contribution in [0.3, 0.4) is 0 Å². The molecule has 0 radical (unpaired) electrons. The highest BCUT2D eigenvalue weighted by atomic mass is 15.1. The second-order valence-corrected chi connectivity index (χ2v) is 4.77. The molecular weight excluding hydrogens is 174 g/mol. The lowest BCUT2D eigenvalue weighted by Gasteiger charge is -2.23. The Morgan fingerprint density at radius 3 is 2.57 bits per heavy atom. The van der Waals surface area contributed by atoms with Crippen LogP contribution in [0.25, 0.3) is 0 Å². The smallest absolute Gasteiger partial charge is 0.104 e. The fourth-order valence-corrected chi connectivity index (χ4v) is 1.59. The largest absolute Gasteiger partial charge is 0.309 e. The van der Waals surface area contributed by atoms with E-state index in [9.17, 15) is 0 Å². The molecule has 3 nitrogen and oxygen atoms in total. The van der Waals surface area contributed by atoms with Crippen LogP contribution in [0.2, 0.25) is 0 Å². The van der Waals surface area contributed by atoms with Crippen molar-refractivity contribution in [3.05, 3.63) is 0 Å². The molecule has 1 fully saturated rings. The molecule has 1 unspecified atom stereocenters. The van der Waals surface area contributed by atoms with Gasteiger partial charge in [0, 0.05) is 6.04 Å². The first-order valence-corrected chi connectivity index (χ1v) is 5.39. The Balaban J connectivity index is 2.25. The van der Waals surface area contributed by atoms with Crippen LogP contribution in [0, 0.1) is 11.3 Å². The standard InChI is InChI=1S/C11H21N3/c1-11(9-12,13-10-5-6-10)7-4-8-14(2)3/h10,13H,4-8H2,1-3H3. The minimum Gasteiger partial charge on any atom is -0.309 e. The first-order valence-electron chi connectivity index (χ1n) is 5.39. The Kier molecular flexibility index (Phi) is 3.91. The second kappa shape index (κ2) is 4.77. The van der Waals surface area contributed by atoms with E-state index in [2.05, 4.69) is 30.4 Å². The molecule has 1 saturated carbocycles. The van der Waals surface area contributed by atoms with Gasteiger partial charge in [0.05, 0.1) is 6.07 Å². The maximum atomic E-state index is 9.10. The van der Waals surface area contributed by atoms with Crippen LogP contribution < -0.4 is 5.32 Å². The predicted molar refractivity (Wildman–Crippen MR) is 58.0 cm³/mol. The summed E-state index contributed by atoms with van der Waals surface area (Å²) in [4.78, 5) is 2.16. The molecule has 80 valence electrons. The summed E-state index contributed by atoms with van der Waals surface area (Å²) in [6.45, 7) is 3.07. The average molecular weight is 195 g/mol. The molecule has 0 aromatic rings. The lowest BCUT2D eigenvalue weighted by molar-refractivity contribution is 0.345. The van der Waals surface area contributed by atoms with E-state index in [0.29, 0.717) is 6.04 Å². The summed E-state index contributed by atoms with van der Waals surface area (Å²) in [5.74, 6) is 0. The minimum atomic E-state index is -0.308. The van der Waals surface area contributed by atoms with Gasteiger partial charge in [-0.3, -0.25) is 5.32 Å². The zero-order valence-corrected chi connectivity index (χ0v) is 9.51. The fraction of sp³-hybridized carbons (Fsp3) is 0.909. The number of nitrogens with zero attached hydrogens (tertiary/aromatic N) is 2. The highest BCUT2D eigenvalue weighted by Crippen LogP contribution is 2.24. The van der Waals surface area contributed by atoms with Crippen LogP contribution in [0.15, 0.2) is 0 Å². The summed E-state index contributed by atoms with van der Waals surface area (Å²) in [5.41, 5.74) is -0.308. The van der Waals surface area contributed by atoms with E-state index in [1.807, 2.05) is 6.92 Å². The predicted octanol–water partition coefficient (Wildman–Crippen LogP) is 1.36. The van der Waals surface area contributed by atoms with Crippen molar-refractivity contribution in [3.63, 3.8) is 0 Å². The van der Waals surface area contributed by atoms with Crippen molar-refractivity contribution in [2.45, 2.75) is 44.2 Å². The summed E-state index contributed by atoms with van der Waals surface area (Å²) >= 11 is 0. The van der Waals surface area contributed by atoms with Crippen LogP contribution in [0.4, 0.5) is 0 Å². The van der Waals surface area contributed by atoms with Crippen molar-refractivity contribution < 1.29 is 0 Å². The minimum absolute atomic E-state index is 0.308. The van der Waals surface area contributed by atoms with Gasteiger partial charge in [0.25, 0.3) is 0 Å². The lowest BCUT2D eigenvalue weighted by atomic mass is 9.97. The van der Waals surface area contributed by atoms with Gasteiger partial charge in [0.1, 0.15) is 5.54 Å². The molecule has 1 aliphatic rings. The topological polar surface area (TPSA) is 39.1 Å². The van der Waals surface area contributed by atoms with Gasteiger partial charge in [0.2, 0.25) is 0 Å². The molecule has 0 aromatic carbocycles. The zero-order chi connectivity index (χ0) is 10.6. The summed E-state index contributed by atoms with van der Waals surface area (Å²) in [5, 5.41) is 12.5. The van der Waals surface area contributed by atoms with Crippen molar-refractivity contribution in [2.24, 2.45) is 0 Å². The average Bonchev–Trinajstić information content (AvgIpc) is 2.87. The van der Waals surface area contributed by atoms with Crippen molar-refractivity contribution in [1.29, 1.82) is 5.26 Å². The molecule has 1 atom stereocenters. The van der Waals surface area contributed by atoms with Gasteiger partial charge < -0.3 is 4.90 Å². The second-order valence-electron chi connectivity index (χ2n) is 4.77. The summed E-state index contributed by atoms with van der Waals surface area (Å²) in [6.07, 6.45) is 4.50. The third-order valence-corrected chi connectivity index (χ3v) is 2.63. The van der Waals surface area contributed by atoms with Crippen LogP contribution in [0.1, 0.15) is 32.6 Å². The van der Waals surface area contributed by atoms with Crippen molar-refractivity contribution >= 4 is 0 Å². The van der Waals surface area contributed by atoms with E-state index >= 15 is 0 Å². The Labute approximate surface area is 87.1 Å². The van der Waals surface area contributed by atoms with Crippen LogP contribution in [-0.2, 0) is 0 Å². The Bertz CT molecular complexity index is 215. The molecule has 14 heavy (non-hydrogen) atoms. The van der Waals surface area contributed by atoms with Gasteiger partial charge in [-0.15, -0.1) is 0 Å². The number of nitrogens with one attached hydrogen (secondary N) is 1. The zero-order valence-electron chi connectivity index (χ0n) is 9.51. The fourth-order valence-electron chi connectivity index (χ4n) is 1.59. The molecule has 0 saturated heterocycles. The molecule has 0 bridgehead atoms. The van der Waals surface area contributed by atoms with Crippen LogP contribution in [-0.4, -0.2) is 37.1 Å². The third-order valence-electron chi connectivity index (χ3n) is 2.63. The van der Waals surface area contributed by atoms with Gasteiger partial charge in [-0.05, 0) is 53.2 Å². The quantitative estimate of drug-likeness (QED) is 0.695. The summed E-state index contributed by atoms with van der Waals surface area (Å²) in [6, 6.07) is 3.00. The van der Waals surface area contributed by atoms with Crippen LogP contribution in [0.5, 0.6) is 0 Å². The molecule has 1 N–H and O–H groups in total. The number of rotatable bonds is 6. The van der Waals surface area contributed by atoms with Gasteiger partial charge in [-0.1, -0.05) is 0 Å². The van der Waals surface area contributed by atoms with Crippen molar-refractivity contribution in [1.82, 2.24) is 10.2 Å². The van der Waals surface area contributed by atoms with Crippen LogP contribution >= 0.6 is 0 Å². The van der Waals surface area contributed by atoms with Gasteiger partial charge in [-0.2, -0.15) is 5.26 Å². The third kappa shape index (κ3) is 4.08. The first kappa shape index (κ1) is 11.5. The van der Waals surface area contributed by atoms with E-state index in [0.717, 1.165) is 19.4 Å². The molecule has 0 aromatic heterocycles. The number of nitriles is 1. The first-order chi connectivity index (χ1) is 6.56. The maximum Gasteiger partial charge on any atom is 0.104 e. The van der Waals surface area contributed by atoms with Crippen molar-refractivity contribution in [3.8, 4) is 6.07 Å². The Hall–Kier alpha value is -0.590. The van der Waals surface area contributed by atoms with Gasteiger partial charge in [0.15, 0.2) is 0 Å². The molecule has 3 heteroatoms. The highest BCUT2D eigenvalue weighted by molar-refractivity contribution is 5.06. The summed E-state index contributed by atoms with van der Waals surface area (Å²) in [7, 11) is 4.13.